The molecule has 0 radical (unpaired) electrons. The number of phenols is 1. The van der Waals surface area contributed by atoms with Crippen LogP contribution in [0.1, 0.15) is 30.5 Å². The standard InChI is InChI=1S/C21H20O2S/c1-21(2)16-7-5-4-6-13(16)20-15-8-12(11-24)19(23-3)9-14(15)18(22)10-17(20)21/h4-10,22,24H,11H2,1-3H3. The number of thiol groups is 1. The molecule has 0 amide bonds. The molecule has 0 aliphatic heterocycles. The maximum atomic E-state index is 10.7. The Kier molecular flexibility index (Phi) is 3.33. The van der Waals surface area contributed by atoms with E-state index >= 15 is 0 Å². The predicted octanol–water partition coefficient (Wildman–Crippen LogP) is 5.29. The van der Waals surface area contributed by atoms with Gasteiger partial charge in [-0.15, -0.1) is 0 Å². The summed E-state index contributed by atoms with van der Waals surface area (Å²) in [6.45, 7) is 4.43. The second-order valence-electron chi connectivity index (χ2n) is 6.86. The number of phenolic OH excluding ortho intramolecular Hbond substituents is 1. The molecule has 4 rings (SSSR count). The summed E-state index contributed by atoms with van der Waals surface area (Å²) in [4.78, 5) is 0. The Morgan fingerprint density at radius 1 is 1.04 bits per heavy atom. The lowest BCUT2D eigenvalue weighted by Crippen LogP contribution is -2.14. The van der Waals surface area contributed by atoms with Gasteiger partial charge in [0.1, 0.15) is 11.5 Å². The molecule has 3 heteroatoms. The molecule has 0 fully saturated rings. The number of rotatable bonds is 2. The molecule has 1 N–H and O–H groups in total. The number of methoxy groups -OCH3 is 1. The van der Waals surface area contributed by atoms with E-state index in [1.807, 2.05) is 12.1 Å². The molecule has 3 aromatic rings. The van der Waals surface area contributed by atoms with E-state index in [2.05, 4.69) is 56.8 Å². The largest absolute Gasteiger partial charge is 0.507 e. The van der Waals surface area contributed by atoms with Crippen LogP contribution < -0.4 is 4.74 Å². The molecule has 122 valence electrons. The number of fused-ring (bicyclic) bond motifs is 5. The summed E-state index contributed by atoms with van der Waals surface area (Å²) in [5.74, 6) is 1.65. The fraction of sp³-hybridized carbons (Fsp3) is 0.238. The van der Waals surface area contributed by atoms with Gasteiger partial charge in [0, 0.05) is 22.1 Å². The van der Waals surface area contributed by atoms with E-state index in [-0.39, 0.29) is 5.41 Å². The lowest BCUT2D eigenvalue weighted by Gasteiger charge is -2.22. The van der Waals surface area contributed by atoms with Gasteiger partial charge in [0.05, 0.1) is 7.11 Å². The van der Waals surface area contributed by atoms with E-state index in [1.165, 1.54) is 22.3 Å². The van der Waals surface area contributed by atoms with Crippen molar-refractivity contribution in [2.45, 2.75) is 25.0 Å². The molecule has 1 aliphatic carbocycles. The molecule has 0 atom stereocenters. The first-order valence-electron chi connectivity index (χ1n) is 8.07. The minimum Gasteiger partial charge on any atom is -0.507 e. The van der Waals surface area contributed by atoms with Crippen LogP contribution in [0.2, 0.25) is 0 Å². The van der Waals surface area contributed by atoms with Crippen molar-refractivity contribution in [2.75, 3.05) is 7.11 Å². The molecule has 0 saturated heterocycles. The molecule has 24 heavy (non-hydrogen) atoms. The highest BCUT2D eigenvalue weighted by Crippen LogP contribution is 2.53. The van der Waals surface area contributed by atoms with Gasteiger partial charge >= 0.3 is 0 Å². The van der Waals surface area contributed by atoms with Crippen molar-refractivity contribution in [3.05, 3.63) is 59.2 Å². The van der Waals surface area contributed by atoms with Crippen molar-refractivity contribution in [3.63, 3.8) is 0 Å². The fourth-order valence-electron chi connectivity index (χ4n) is 3.96. The Morgan fingerprint density at radius 2 is 1.79 bits per heavy atom. The van der Waals surface area contributed by atoms with E-state index in [4.69, 9.17) is 4.74 Å². The van der Waals surface area contributed by atoms with Gasteiger partial charge in [-0.25, -0.2) is 0 Å². The molecule has 0 unspecified atom stereocenters. The Labute approximate surface area is 147 Å². The van der Waals surface area contributed by atoms with Gasteiger partial charge in [-0.1, -0.05) is 38.1 Å². The second kappa shape index (κ2) is 5.18. The minimum atomic E-state index is -0.126. The maximum Gasteiger partial charge on any atom is 0.123 e. The topological polar surface area (TPSA) is 29.5 Å². The normalized spacial score (nSPS) is 14.5. The van der Waals surface area contributed by atoms with Crippen LogP contribution in [0.4, 0.5) is 0 Å². The molecule has 3 aromatic carbocycles. The number of hydrogen-bond acceptors (Lipinski definition) is 3. The second-order valence-corrected chi connectivity index (χ2v) is 7.17. The molecule has 2 nitrogen and oxygen atoms in total. The summed E-state index contributed by atoms with van der Waals surface area (Å²) in [7, 11) is 1.65. The van der Waals surface area contributed by atoms with Crippen LogP contribution in [0.25, 0.3) is 21.9 Å². The van der Waals surface area contributed by atoms with Crippen molar-refractivity contribution in [2.24, 2.45) is 0 Å². The van der Waals surface area contributed by atoms with Crippen LogP contribution >= 0.6 is 12.6 Å². The molecule has 0 spiro atoms. The lowest BCUT2D eigenvalue weighted by atomic mass is 9.82. The van der Waals surface area contributed by atoms with Gasteiger partial charge in [0.2, 0.25) is 0 Å². The quantitative estimate of drug-likeness (QED) is 0.623. The molecule has 0 bridgehead atoms. The number of aromatic hydroxyl groups is 1. The first-order valence-corrected chi connectivity index (χ1v) is 8.70. The van der Waals surface area contributed by atoms with Gasteiger partial charge in [-0.05, 0) is 45.8 Å². The highest BCUT2D eigenvalue weighted by Gasteiger charge is 2.37. The van der Waals surface area contributed by atoms with E-state index in [0.29, 0.717) is 11.5 Å². The SMILES string of the molecule is COc1cc2c(O)cc3c(c2cc1CS)-c1ccccc1C3(C)C. The lowest BCUT2D eigenvalue weighted by molar-refractivity contribution is 0.411. The summed E-state index contributed by atoms with van der Waals surface area (Å²) in [5, 5.41) is 12.5. The Balaban J connectivity index is 2.18. The third-order valence-corrected chi connectivity index (χ3v) is 5.57. The third-order valence-electron chi connectivity index (χ3n) is 5.23. The van der Waals surface area contributed by atoms with E-state index in [1.54, 1.807) is 7.11 Å². The van der Waals surface area contributed by atoms with Crippen molar-refractivity contribution in [1.82, 2.24) is 0 Å². The van der Waals surface area contributed by atoms with Crippen molar-refractivity contribution in [3.8, 4) is 22.6 Å². The van der Waals surface area contributed by atoms with Crippen LogP contribution in [0.15, 0.2) is 42.5 Å². The molecule has 0 aromatic heterocycles. The summed E-state index contributed by atoms with van der Waals surface area (Å²) in [5.41, 5.74) is 5.84. The van der Waals surface area contributed by atoms with Crippen LogP contribution in [0, 0.1) is 0 Å². The average Bonchev–Trinajstić information content (AvgIpc) is 2.82. The summed E-state index contributed by atoms with van der Waals surface area (Å²) < 4.78 is 5.47. The van der Waals surface area contributed by atoms with Crippen molar-refractivity contribution >= 4 is 23.4 Å². The zero-order chi connectivity index (χ0) is 17.1. The summed E-state index contributed by atoms with van der Waals surface area (Å²) in [6, 6.07) is 14.5. The smallest absolute Gasteiger partial charge is 0.123 e. The first-order chi connectivity index (χ1) is 11.5. The summed E-state index contributed by atoms with van der Waals surface area (Å²) in [6.07, 6.45) is 0. The van der Waals surface area contributed by atoms with Gasteiger partial charge in [0.15, 0.2) is 0 Å². The van der Waals surface area contributed by atoms with Crippen LogP contribution in [0.3, 0.4) is 0 Å². The highest BCUT2D eigenvalue weighted by atomic mass is 32.1. The number of hydrogen-bond donors (Lipinski definition) is 2. The van der Waals surface area contributed by atoms with Gasteiger partial charge in [-0.3, -0.25) is 0 Å². The van der Waals surface area contributed by atoms with Crippen molar-refractivity contribution in [1.29, 1.82) is 0 Å². The predicted molar refractivity (Wildman–Crippen MR) is 102 cm³/mol. The zero-order valence-corrected chi connectivity index (χ0v) is 14.9. The van der Waals surface area contributed by atoms with Crippen LogP contribution in [0.5, 0.6) is 11.5 Å². The van der Waals surface area contributed by atoms with Gasteiger partial charge in [-0.2, -0.15) is 12.6 Å². The van der Waals surface area contributed by atoms with E-state index in [9.17, 15) is 5.11 Å². The molecular weight excluding hydrogens is 316 g/mol. The van der Waals surface area contributed by atoms with E-state index in [0.717, 1.165) is 22.1 Å². The maximum absolute atomic E-state index is 10.7. The monoisotopic (exact) mass is 336 g/mol. The molecule has 0 saturated carbocycles. The number of ether oxygens (including phenoxy) is 1. The molecular formula is C21H20O2S. The Hall–Kier alpha value is -2.13. The summed E-state index contributed by atoms with van der Waals surface area (Å²) >= 11 is 4.44. The van der Waals surface area contributed by atoms with Gasteiger partial charge < -0.3 is 9.84 Å². The van der Waals surface area contributed by atoms with E-state index < -0.39 is 0 Å². The number of benzene rings is 3. The van der Waals surface area contributed by atoms with Gasteiger partial charge in [0.25, 0.3) is 0 Å². The highest BCUT2D eigenvalue weighted by molar-refractivity contribution is 7.79. The molecule has 1 aliphatic rings. The van der Waals surface area contributed by atoms with Crippen LogP contribution in [-0.2, 0) is 11.2 Å². The first kappa shape index (κ1) is 15.4. The average molecular weight is 336 g/mol. The van der Waals surface area contributed by atoms with Crippen LogP contribution in [-0.4, -0.2) is 12.2 Å². The Morgan fingerprint density at radius 3 is 2.50 bits per heavy atom. The molecule has 0 heterocycles. The third kappa shape index (κ3) is 1.91. The van der Waals surface area contributed by atoms with Crippen molar-refractivity contribution < 1.29 is 9.84 Å². The minimum absolute atomic E-state index is 0.126. The Bertz CT molecular complexity index is 973. The fourth-order valence-corrected chi connectivity index (χ4v) is 4.21. The zero-order valence-electron chi connectivity index (χ0n) is 14.1.